The van der Waals surface area contributed by atoms with E-state index in [9.17, 15) is 9.59 Å². The van der Waals surface area contributed by atoms with Crippen LogP contribution in [0.2, 0.25) is 0 Å². The number of hydrogen-bond donors (Lipinski definition) is 1. The number of amides is 2. The lowest BCUT2D eigenvalue weighted by Crippen LogP contribution is -2.48. The van der Waals surface area contributed by atoms with Crippen LogP contribution in [-0.4, -0.2) is 36.4 Å². The van der Waals surface area contributed by atoms with Gasteiger partial charge in [-0.3, -0.25) is 9.59 Å². The topological polar surface area (TPSA) is 58.6 Å². The van der Waals surface area contributed by atoms with Crippen molar-refractivity contribution in [2.75, 3.05) is 13.7 Å². The van der Waals surface area contributed by atoms with E-state index in [1.165, 1.54) is 0 Å². The Bertz CT molecular complexity index is 757. The Labute approximate surface area is 167 Å². The summed E-state index contributed by atoms with van der Waals surface area (Å²) in [7, 11) is 1.62. The molecule has 0 spiro atoms. The fourth-order valence-electron chi connectivity index (χ4n) is 2.83. The predicted octanol–water partition coefficient (Wildman–Crippen LogP) is 3.43. The first kappa shape index (κ1) is 21.5. The Hall–Kier alpha value is -2.82. The highest BCUT2D eigenvalue weighted by Gasteiger charge is 2.26. The van der Waals surface area contributed by atoms with Crippen LogP contribution in [0.3, 0.4) is 0 Å². The second kappa shape index (κ2) is 10.5. The maximum absolute atomic E-state index is 13.0. The van der Waals surface area contributed by atoms with Crippen LogP contribution in [0.25, 0.3) is 0 Å². The first-order chi connectivity index (χ1) is 13.4. The zero-order valence-corrected chi connectivity index (χ0v) is 17.1. The van der Waals surface area contributed by atoms with E-state index in [0.717, 1.165) is 16.9 Å². The van der Waals surface area contributed by atoms with E-state index in [4.69, 9.17) is 4.74 Å². The number of methoxy groups -OCH3 is 1. The molecule has 0 fully saturated rings. The molecule has 1 atom stereocenters. The van der Waals surface area contributed by atoms with E-state index >= 15 is 0 Å². The summed E-state index contributed by atoms with van der Waals surface area (Å²) in [5, 5.41) is 2.93. The summed E-state index contributed by atoms with van der Waals surface area (Å²) in [6.07, 6.45) is 0.263. The minimum atomic E-state index is -0.558. The van der Waals surface area contributed by atoms with Gasteiger partial charge < -0.3 is 15.0 Å². The van der Waals surface area contributed by atoms with Gasteiger partial charge in [0.25, 0.3) is 0 Å². The van der Waals surface area contributed by atoms with Crippen LogP contribution < -0.4 is 10.1 Å². The quantitative estimate of drug-likeness (QED) is 0.723. The van der Waals surface area contributed by atoms with Crippen molar-refractivity contribution < 1.29 is 14.3 Å². The zero-order chi connectivity index (χ0) is 20.5. The molecule has 0 saturated carbocycles. The number of benzene rings is 2. The molecular weight excluding hydrogens is 352 g/mol. The van der Waals surface area contributed by atoms with Gasteiger partial charge >= 0.3 is 0 Å². The van der Waals surface area contributed by atoms with Gasteiger partial charge in [0, 0.05) is 13.1 Å². The molecule has 1 N–H and O–H groups in total. The Kier molecular flexibility index (Phi) is 8.05. The number of ether oxygens (including phenoxy) is 1. The first-order valence-corrected chi connectivity index (χ1v) is 9.64. The lowest BCUT2D eigenvalue weighted by molar-refractivity contribution is -0.140. The summed E-state index contributed by atoms with van der Waals surface area (Å²) >= 11 is 0. The molecule has 0 aliphatic carbocycles. The van der Waals surface area contributed by atoms with Crippen molar-refractivity contribution in [2.45, 2.75) is 39.8 Å². The molecule has 0 aliphatic rings. The van der Waals surface area contributed by atoms with E-state index in [-0.39, 0.29) is 18.2 Å². The highest BCUT2D eigenvalue weighted by Crippen LogP contribution is 2.16. The smallest absolute Gasteiger partial charge is 0.242 e. The molecule has 2 aromatic carbocycles. The lowest BCUT2D eigenvalue weighted by atomic mass is 10.1. The number of hydrogen-bond acceptors (Lipinski definition) is 3. The van der Waals surface area contributed by atoms with Gasteiger partial charge in [0.05, 0.1) is 13.5 Å². The third kappa shape index (κ3) is 6.41. The van der Waals surface area contributed by atoms with Crippen molar-refractivity contribution in [3.8, 4) is 5.75 Å². The molecule has 0 radical (unpaired) electrons. The first-order valence-electron chi connectivity index (χ1n) is 9.64. The third-order valence-corrected chi connectivity index (χ3v) is 4.56. The van der Waals surface area contributed by atoms with E-state index in [0.29, 0.717) is 19.0 Å². The van der Waals surface area contributed by atoms with Crippen LogP contribution in [0.1, 0.15) is 31.9 Å². The average Bonchev–Trinajstić information content (AvgIpc) is 2.70. The third-order valence-electron chi connectivity index (χ3n) is 4.56. The standard InChI is InChI=1S/C23H30N2O3/c1-17(2)15-24-23(27)18(3)25(16-20-10-12-21(28-4)13-11-20)22(26)14-19-8-6-5-7-9-19/h5-13,17-18H,14-16H2,1-4H3,(H,24,27). The molecule has 150 valence electrons. The summed E-state index contributed by atoms with van der Waals surface area (Å²) in [5.74, 6) is 0.901. The van der Waals surface area contributed by atoms with Crippen LogP contribution >= 0.6 is 0 Å². The molecule has 5 heteroatoms. The summed E-state index contributed by atoms with van der Waals surface area (Å²) in [6.45, 7) is 6.82. The fraction of sp³-hybridized carbons (Fsp3) is 0.391. The van der Waals surface area contributed by atoms with E-state index in [1.807, 2.05) is 68.4 Å². The second-order valence-electron chi connectivity index (χ2n) is 7.35. The summed E-state index contributed by atoms with van der Waals surface area (Å²) in [4.78, 5) is 27.3. The Balaban J connectivity index is 2.17. The Morgan fingerprint density at radius 2 is 1.61 bits per heavy atom. The van der Waals surface area contributed by atoms with E-state index in [1.54, 1.807) is 18.9 Å². The van der Waals surface area contributed by atoms with Gasteiger partial charge in [-0.05, 0) is 36.1 Å². The Morgan fingerprint density at radius 3 is 2.18 bits per heavy atom. The summed E-state index contributed by atoms with van der Waals surface area (Å²) in [5.41, 5.74) is 1.88. The minimum absolute atomic E-state index is 0.0748. The predicted molar refractivity (Wildman–Crippen MR) is 111 cm³/mol. The SMILES string of the molecule is COc1ccc(CN(C(=O)Cc2ccccc2)C(C)C(=O)NCC(C)C)cc1. The summed E-state index contributed by atoms with van der Waals surface area (Å²) in [6, 6.07) is 16.6. The van der Waals surface area contributed by atoms with Crippen molar-refractivity contribution in [3.63, 3.8) is 0 Å². The number of rotatable bonds is 9. The normalized spacial score (nSPS) is 11.8. The second-order valence-corrected chi connectivity index (χ2v) is 7.35. The number of nitrogens with one attached hydrogen (secondary N) is 1. The molecule has 0 heterocycles. The lowest BCUT2D eigenvalue weighted by Gasteiger charge is -2.29. The van der Waals surface area contributed by atoms with Gasteiger partial charge in [-0.1, -0.05) is 56.3 Å². The minimum Gasteiger partial charge on any atom is -0.497 e. The molecule has 0 aromatic heterocycles. The zero-order valence-electron chi connectivity index (χ0n) is 17.1. The van der Waals surface area contributed by atoms with Crippen LogP contribution in [0.4, 0.5) is 0 Å². The van der Waals surface area contributed by atoms with Gasteiger partial charge in [-0.15, -0.1) is 0 Å². The average molecular weight is 383 g/mol. The summed E-state index contributed by atoms with van der Waals surface area (Å²) < 4.78 is 5.20. The Morgan fingerprint density at radius 1 is 0.964 bits per heavy atom. The van der Waals surface area contributed by atoms with Crippen molar-refractivity contribution in [1.29, 1.82) is 0 Å². The molecule has 0 bridgehead atoms. The largest absolute Gasteiger partial charge is 0.497 e. The van der Waals surface area contributed by atoms with Crippen molar-refractivity contribution >= 4 is 11.8 Å². The van der Waals surface area contributed by atoms with Gasteiger partial charge in [-0.2, -0.15) is 0 Å². The molecule has 5 nitrogen and oxygen atoms in total. The number of carbonyl (C=O) groups excluding carboxylic acids is 2. The van der Waals surface area contributed by atoms with Crippen molar-refractivity contribution in [1.82, 2.24) is 10.2 Å². The highest BCUT2D eigenvalue weighted by molar-refractivity contribution is 5.88. The molecule has 2 aromatic rings. The van der Waals surface area contributed by atoms with Gasteiger partial charge in [0.2, 0.25) is 11.8 Å². The van der Waals surface area contributed by atoms with Crippen LogP contribution in [0, 0.1) is 5.92 Å². The van der Waals surface area contributed by atoms with Crippen LogP contribution in [0.5, 0.6) is 5.75 Å². The molecule has 0 saturated heterocycles. The maximum atomic E-state index is 13.0. The van der Waals surface area contributed by atoms with E-state index in [2.05, 4.69) is 5.32 Å². The molecule has 2 amide bonds. The molecule has 28 heavy (non-hydrogen) atoms. The van der Waals surface area contributed by atoms with Crippen molar-refractivity contribution in [3.05, 3.63) is 65.7 Å². The van der Waals surface area contributed by atoms with Crippen LogP contribution in [-0.2, 0) is 22.6 Å². The molecular formula is C23H30N2O3. The molecule has 2 rings (SSSR count). The number of nitrogens with zero attached hydrogens (tertiary/aromatic N) is 1. The van der Waals surface area contributed by atoms with Crippen molar-refractivity contribution in [2.24, 2.45) is 5.92 Å². The van der Waals surface area contributed by atoms with Gasteiger partial charge in [0.15, 0.2) is 0 Å². The molecule has 0 aliphatic heterocycles. The number of carbonyl (C=O) groups is 2. The maximum Gasteiger partial charge on any atom is 0.242 e. The molecule has 1 unspecified atom stereocenters. The highest BCUT2D eigenvalue weighted by atomic mass is 16.5. The van der Waals surface area contributed by atoms with Crippen LogP contribution in [0.15, 0.2) is 54.6 Å². The monoisotopic (exact) mass is 382 g/mol. The van der Waals surface area contributed by atoms with Gasteiger partial charge in [-0.25, -0.2) is 0 Å². The fourth-order valence-corrected chi connectivity index (χ4v) is 2.83. The van der Waals surface area contributed by atoms with E-state index < -0.39 is 6.04 Å². The van der Waals surface area contributed by atoms with Gasteiger partial charge in [0.1, 0.15) is 11.8 Å².